The number of nitrogens with one attached hydrogen (secondary N) is 1. The number of sulfonamides is 1. The molecule has 4 nitrogen and oxygen atoms in total. The van der Waals surface area contributed by atoms with Gasteiger partial charge in [0.2, 0.25) is 10.0 Å². The second-order valence-electron chi connectivity index (χ2n) is 5.33. The van der Waals surface area contributed by atoms with Crippen LogP contribution in [-0.2, 0) is 16.6 Å². The highest BCUT2D eigenvalue weighted by Crippen LogP contribution is 2.26. The number of aryl methyl sites for hydroxylation is 1. The van der Waals surface area contributed by atoms with Crippen molar-refractivity contribution in [2.45, 2.75) is 32.2 Å². The van der Waals surface area contributed by atoms with E-state index in [1.54, 1.807) is 26.2 Å². The molecule has 2 rings (SSSR count). The first-order chi connectivity index (χ1) is 10.3. The maximum Gasteiger partial charge on any atom is 0.241 e. The van der Waals surface area contributed by atoms with E-state index < -0.39 is 10.0 Å². The third-order valence-electron chi connectivity index (χ3n) is 3.75. The van der Waals surface area contributed by atoms with Gasteiger partial charge >= 0.3 is 0 Å². The zero-order valence-electron chi connectivity index (χ0n) is 13.3. The van der Waals surface area contributed by atoms with Crippen LogP contribution in [0.5, 0.6) is 5.75 Å². The molecule has 0 heterocycles. The highest BCUT2D eigenvalue weighted by Gasteiger charge is 2.19. The molecule has 0 atom stereocenters. The summed E-state index contributed by atoms with van der Waals surface area (Å²) in [6.45, 7) is 5.90. The van der Waals surface area contributed by atoms with Crippen LogP contribution in [0, 0.1) is 20.8 Å². The van der Waals surface area contributed by atoms with Gasteiger partial charge in [0, 0.05) is 6.54 Å². The first-order valence-corrected chi connectivity index (χ1v) is 8.53. The topological polar surface area (TPSA) is 55.4 Å². The van der Waals surface area contributed by atoms with Crippen LogP contribution in [0.25, 0.3) is 0 Å². The van der Waals surface area contributed by atoms with E-state index in [4.69, 9.17) is 4.74 Å². The summed E-state index contributed by atoms with van der Waals surface area (Å²) in [5.41, 5.74) is 3.58. The zero-order chi connectivity index (χ0) is 16.3. The molecule has 0 saturated carbocycles. The van der Waals surface area contributed by atoms with Gasteiger partial charge in [-0.05, 0) is 49.6 Å². The Bertz CT molecular complexity index is 782. The molecule has 0 amide bonds. The van der Waals surface area contributed by atoms with E-state index in [9.17, 15) is 8.42 Å². The lowest BCUT2D eigenvalue weighted by atomic mass is 10.1. The number of hydrogen-bond acceptors (Lipinski definition) is 3. The van der Waals surface area contributed by atoms with Gasteiger partial charge in [-0.1, -0.05) is 29.8 Å². The molecule has 22 heavy (non-hydrogen) atoms. The number of ether oxygens (including phenoxy) is 1. The summed E-state index contributed by atoms with van der Waals surface area (Å²) >= 11 is 0. The van der Waals surface area contributed by atoms with Gasteiger partial charge in [0.15, 0.2) is 0 Å². The number of benzene rings is 2. The normalized spacial score (nSPS) is 11.5. The standard InChI is InChI=1S/C17H21NO3S/c1-12-6-5-7-15(10-12)11-18-22(19,20)17-9-8-16(21-4)13(2)14(17)3/h5-10,18H,11H2,1-4H3. The Balaban J connectivity index is 2.26. The van der Waals surface area contributed by atoms with Crippen molar-refractivity contribution in [1.82, 2.24) is 4.72 Å². The summed E-state index contributed by atoms with van der Waals surface area (Å²) in [5, 5.41) is 0. The summed E-state index contributed by atoms with van der Waals surface area (Å²) < 4.78 is 32.9. The number of rotatable bonds is 5. The van der Waals surface area contributed by atoms with E-state index in [2.05, 4.69) is 4.72 Å². The molecule has 0 saturated heterocycles. The van der Waals surface area contributed by atoms with Crippen LogP contribution in [-0.4, -0.2) is 15.5 Å². The molecule has 0 aromatic heterocycles. The Labute approximate surface area is 132 Å². The molecule has 118 valence electrons. The third-order valence-corrected chi connectivity index (χ3v) is 5.29. The van der Waals surface area contributed by atoms with Crippen LogP contribution in [0.3, 0.4) is 0 Å². The second-order valence-corrected chi connectivity index (χ2v) is 7.06. The quantitative estimate of drug-likeness (QED) is 0.921. The van der Waals surface area contributed by atoms with Crippen molar-refractivity contribution in [2.75, 3.05) is 7.11 Å². The predicted octanol–water partition coefficient (Wildman–Crippen LogP) is 3.10. The second kappa shape index (κ2) is 6.50. The SMILES string of the molecule is COc1ccc(S(=O)(=O)NCc2cccc(C)c2)c(C)c1C. The van der Waals surface area contributed by atoms with Crippen LogP contribution >= 0.6 is 0 Å². The van der Waals surface area contributed by atoms with E-state index in [1.165, 1.54) is 0 Å². The minimum atomic E-state index is -3.56. The molecule has 0 bridgehead atoms. The van der Waals surface area contributed by atoms with E-state index >= 15 is 0 Å². The molecule has 0 fully saturated rings. The van der Waals surface area contributed by atoms with Crippen LogP contribution < -0.4 is 9.46 Å². The first kappa shape index (κ1) is 16.5. The van der Waals surface area contributed by atoms with Gasteiger partial charge in [0.1, 0.15) is 5.75 Å². The predicted molar refractivity (Wildman–Crippen MR) is 87.7 cm³/mol. The molecule has 2 aromatic carbocycles. The largest absolute Gasteiger partial charge is 0.496 e. The summed E-state index contributed by atoms with van der Waals surface area (Å²) in [4.78, 5) is 0.290. The van der Waals surface area contributed by atoms with Gasteiger partial charge in [-0.25, -0.2) is 13.1 Å². The molecule has 0 aliphatic rings. The third kappa shape index (κ3) is 3.48. The monoisotopic (exact) mass is 319 g/mol. The van der Waals surface area contributed by atoms with Gasteiger partial charge < -0.3 is 4.74 Å². The Kier molecular flexibility index (Phi) is 4.88. The van der Waals surface area contributed by atoms with Crippen LogP contribution in [0.15, 0.2) is 41.3 Å². The van der Waals surface area contributed by atoms with Crippen molar-refractivity contribution in [2.24, 2.45) is 0 Å². The molecule has 5 heteroatoms. The fourth-order valence-electron chi connectivity index (χ4n) is 2.36. The van der Waals surface area contributed by atoms with Crippen molar-refractivity contribution in [3.63, 3.8) is 0 Å². The van der Waals surface area contributed by atoms with Gasteiger partial charge in [0.05, 0.1) is 12.0 Å². The molecule has 0 spiro atoms. The summed E-state index contributed by atoms with van der Waals surface area (Å²) in [6, 6.07) is 11.0. The summed E-state index contributed by atoms with van der Waals surface area (Å²) in [7, 11) is -1.98. The van der Waals surface area contributed by atoms with E-state index in [0.717, 1.165) is 16.7 Å². The molecule has 2 aromatic rings. The molecule has 0 radical (unpaired) electrons. The average Bonchev–Trinajstić information content (AvgIpc) is 2.48. The highest BCUT2D eigenvalue weighted by molar-refractivity contribution is 7.89. The van der Waals surface area contributed by atoms with Crippen molar-refractivity contribution in [3.8, 4) is 5.75 Å². The van der Waals surface area contributed by atoms with E-state index in [-0.39, 0.29) is 6.54 Å². The highest BCUT2D eigenvalue weighted by atomic mass is 32.2. The molecule has 0 aliphatic heterocycles. The van der Waals surface area contributed by atoms with Crippen LogP contribution in [0.4, 0.5) is 0 Å². The molecular weight excluding hydrogens is 298 g/mol. The van der Waals surface area contributed by atoms with Gasteiger partial charge in [-0.2, -0.15) is 0 Å². The zero-order valence-corrected chi connectivity index (χ0v) is 14.1. The number of hydrogen-bond donors (Lipinski definition) is 1. The van der Waals surface area contributed by atoms with Gasteiger partial charge in [-0.15, -0.1) is 0 Å². The minimum Gasteiger partial charge on any atom is -0.496 e. The first-order valence-electron chi connectivity index (χ1n) is 7.04. The summed E-state index contributed by atoms with van der Waals surface area (Å²) in [6.07, 6.45) is 0. The molecule has 0 unspecified atom stereocenters. The van der Waals surface area contributed by atoms with Crippen LogP contribution in [0.2, 0.25) is 0 Å². The smallest absolute Gasteiger partial charge is 0.241 e. The van der Waals surface area contributed by atoms with Crippen molar-refractivity contribution in [1.29, 1.82) is 0 Å². The van der Waals surface area contributed by atoms with Gasteiger partial charge in [0.25, 0.3) is 0 Å². The lowest BCUT2D eigenvalue weighted by Crippen LogP contribution is -2.24. The summed E-state index contributed by atoms with van der Waals surface area (Å²) in [5.74, 6) is 0.690. The molecule has 0 aliphatic carbocycles. The van der Waals surface area contributed by atoms with Crippen LogP contribution in [0.1, 0.15) is 22.3 Å². The Morgan fingerprint density at radius 3 is 2.41 bits per heavy atom. The Morgan fingerprint density at radius 1 is 1.05 bits per heavy atom. The lowest BCUT2D eigenvalue weighted by molar-refractivity contribution is 0.410. The van der Waals surface area contributed by atoms with Crippen molar-refractivity contribution in [3.05, 3.63) is 58.7 Å². The lowest BCUT2D eigenvalue weighted by Gasteiger charge is -2.14. The Hall–Kier alpha value is -1.85. The fourth-order valence-corrected chi connectivity index (χ4v) is 3.68. The van der Waals surface area contributed by atoms with E-state index in [0.29, 0.717) is 16.2 Å². The molecular formula is C17H21NO3S. The van der Waals surface area contributed by atoms with E-state index in [1.807, 2.05) is 38.1 Å². The van der Waals surface area contributed by atoms with Crippen molar-refractivity contribution < 1.29 is 13.2 Å². The maximum atomic E-state index is 12.5. The van der Waals surface area contributed by atoms with Crippen molar-refractivity contribution >= 4 is 10.0 Å². The molecule has 1 N–H and O–H groups in total. The fraction of sp³-hybridized carbons (Fsp3) is 0.294. The number of methoxy groups -OCH3 is 1. The maximum absolute atomic E-state index is 12.5. The Morgan fingerprint density at radius 2 is 1.77 bits per heavy atom. The van der Waals surface area contributed by atoms with Gasteiger partial charge in [-0.3, -0.25) is 0 Å². The average molecular weight is 319 g/mol. The minimum absolute atomic E-state index is 0.272.